The molecule has 4 N–H and O–H groups in total. The van der Waals surface area contributed by atoms with Crippen LogP contribution in [0.5, 0.6) is 0 Å². The van der Waals surface area contributed by atoms with Gasteiger partial charge in [0.05, 0.1) is 61.9 Å². The summed E-state index contributed by atoms with van der Waals surface area (Å²) >= 11 is 0. The van der Waals surface area contributed by atoms with Crippen molar-refractivity contribution in [1.82, 2.24) is 10.2 Å². The van der Waals surface area contributed by atoms with Crippen LogP contribution in [0.1, 0.15) is 95.4 Å². The van der Waals surface area contributed by atoms with Gasteiger partial charge in [-0.1, -0.05) is 34.6 Å². The number of carbonyl (C=O) groups excluding carboxylic acids is 1. The number of rotatable bonds is 13. The molecule has 4 saturated heterocycles. The summed E-state index contributed by atoms with van der Waals surface area (Å²) in [6.45, 7) is 22.1. The first-order valence-electron chi connectivity index (χ1n) is 21.7. The number of cyclic esters (lactones) is 1. The second-order valence-electron chi connectivity index (χ2n) is 19.3. The van der Waals surface area contributed by atoms with Crippen molar-refractivity contribution in [3.05, 3.63) is 0 Å². The van der Waals surface area contributed by atoms with Gasteiger partial charge in [0.25, 0.3) is 0 Å². The molecule has 4 fully saturated rings. The molecule has 10 unspecified atom stereocenters. The van der Waals surface area contributed by atoms with Crippen LogP contribution in [0.25, 0.3) is 0 Å². The Bertz CT molecular complexity index is 1310. The van der Waals surface area contributed by atoms with Gasteiger partial charge in [0, 0.05) is 44.6 Å². The number of fused-ring (bicyclic) bond motifs is 2. The van der Waals surface area contributed by atoms with E-state index in [1.54, 1.807) is 41.9 Å². The molecule has 59 heavy (non-hydrogen) atoms. The van der Waals surface area contributed by atoms with Crippen molar-refractivity contribution in [1.29, 1.82) is 0 Å². The Labute approximate surface area is 353 Å². The summed E-state index contributed by atoms with van der Waals surface area (Å²) < 4.78 is 61.6. The van der Waals surface area contributed by atoms with Gasteiger partial charge in [-0.3, -0.25) is 10.1 Å². The molecule has 0 aromatic rings. The van der Waals surface area contributed by atoms with E-state index in [9.17, 15) is 20.1 Å². The monoisotopic (exact) mass is 849 g/mol. The quantitative estimate of drug-likeness (QED) is 0.120. The van der Waals surface area contributed by atoms with E-state index in [-0.39, 0.29) is 49.8 Å². The lowest BCUT2D eigenvalue weighted by molar-refractivity contribution is -0.314. The zero-order valence-corrected chi connectivity index (χ0v) is 38.5. The van der Waals surface area contributed by atoms with E-state index >= 15 is 0 Å². The summed E-state index contributed by atoms with van der Waals surface area (Å²) in [5.41, 5.74) is -3.22. The Morgan fingerprint density at radius 3 is 2.19 bits per heavy atom. The van der Waals surface area contributed by atoms with Gasteiger partial charge in [0.2, 0.25) is 0 Å². The molecule has 19 atom stereocenters. The van der Waals surface area contributed by atoms with Gasteiger partial charge in [-0.05, 0) is 79.8 Å². The van der Waals surface area contributed by atoms with Crippen molar-refractivity contribution in [3.63, 3.8) is 0 Å². The molecule has 0 aromatic heterocycles. The summed E-state index contributed by atoms with van der Waals surface area (Å²) in [5.74, 6) is -2.25. The van der Waals surface area contributed by atoms with Gasteiger partial charge in [-0.15, -0.1) is 0 Å². The molecule has 0 aromatic carbocycles. The normalized spacial score (nSPS) is 46.4. The lowest BCUT2D eigenvalue weighted by Gasteiger charge is -2.52. The second-order valence-corrected chi connectivity index (χ2v) is 19.3. The van der Waals surface area contributed by atoms with Crippen molar-refractivity contribution in [3.8, 4) is 0 Å². The Hall–Kier alpha value is -1.09. The van der Waals surface area contributed by atoms with Crippen LogP contribution in [0.2, 0.25) is 0 Å². The van der Waals surface area contributed by atoms with Gasteiger partial charge >= 0.3 is 5.97 Å². The van der Waals surface area contributed by atoms with E-state index in [4.69, 9.17) is 47.4 Å². The molecule has 346 valence electrons. The van der Waals surface area contributed by atoms with Crippen LogP contribution in [0.4, 0.5) is 0 Å². The minimum absolute atomic E-state index is 0.0180. The Kier molecular flexibility index (Phi) is 18.0. The van der Waals surface area contributed by atoms with E-state index in [2.05, 4.69) is 26.1 Å². The maximum absolute atomic E-state index is 14.4. The van der Waals surface area contributed by atoms with E-state index in [1.807, 2.05) is 46.7 Å². The zero-order valence-electron chi connectivity index (χ0n) is 38.5. The number of aliphatic hydroxyl groups is 3. The predicted octanol–water partition coefficient (Wildman–Crippen LogP) is 3.06. The third kappa shape index (κ3) is 11.9. The number of esters is 1. The number of nitrogens with zero attached hydrogens (tertiary/aromatic N) is 1. The molecule has 0 amide bonds. The van der Waals surface area contributed by atoms with E-state index in [0.29, 0.717) is 26.1 Å². The van der Waals surface area contributed by atoms with Crippen molar-refractivity contribution in [2.45, 2.75) is 186 Å². The van der Waals surface area contributed by atoms with Crippen LogP contribution in [-0.2, 0) is 52.2 Å². The fourth-order valence-electron chi connectivity index (χ4n) is 10.0. The number of hydrogen-bond acceptors (Lipinski definition) is 16. The molecule has 4 heterocycles. The minimum Gasteiger partial charge on any atom is -0.459 e. The van der Waals surface area contributed by atoms with Gasteiger partial charge in [0.1, 0.15) is 36.9 Å². The zero-order chi connectivity index (χ0) is 44.2. The van der Waals surface area contributed by atoms with E-state index in [1.165, 1.54) is 0 Å². The Morgan fingerprint density at radius 1 is 0.881 bits per heavy atom. The molecule has 0 spiro atoms. The smallest absolute Gasteiger partial charge is 0.311 e. The number of methoxy groups -OCH3 is 2. The van der Waals surface area contributed by atoms with Crippen LogP contribution in [-0.4, -0.2) is 172 Å². The number of hydrogen-bond donors (Lipinski definition) is 4. The number of carbonyl (C=O) groups is 1. The van der Waals surface area contributed by atoms with Crippen LogP contribution < -0.4 is 5.32 Å². The molecular weight excluding hydrogens is 768 g/mol. The van der Waals surface area contributed by atoms with Gasteiger partial charge < -0.3 is 67.6 Å². The standard InChI is InChI=1S/C43H80N2O14/c1-23-19-41(8,9)37(59-40-34(46)30(45(12)13)18-24(2)54-40)26(4)35(58-32-20-42(10,51-15)36(47)28(6)55-32)27(5)39(48)56-29(7)43(11,49)38-25(3)33(23)44-31(57-38)21-53-22-52-17-16-50-14/h23-38,40,44,46-47,49H,16-22H2,1-15H3/t23-,24?,25+,26+,27-,28?,29-,30?,31?,32?,33?,34?,35+,36?,37-,38-,40?,42?,43-/m1/s1. The van der Waals surface area contributed by atoms with Crippen LogP contribution >= 0.6 is 0 Å². The fourth-order valence-corrected chi connectivity index (χ4v) is 10.0. The first kappa shape index (κ1) is 50.6. The number of likely N-dealkylation sites (N-methyl/N-ethyl adjacent to an activating group) is 1. The van der Waals surface area contributed by atoms with Crippen LogP contribution in [0.3, 0.4) is 0 Å². The van der Waals surface area contributed by atoms with E-state index < -0.39 is 96.0 Å². The largest absolute Gasteiger partial charge is 0.459 e. The lowest BCUT2D eigenvalue weighted by Crippen LogP contribution is -2.66. The highest BCUT2D eigenvalue weighted by atomic mass is 16.7. The molecule has 4 rings (SSSR count). The molecule has 0 radical (unpaired) electrons. The summed E-state index contributed by atoms with van der Waals surface area (Å²) in [4.78, 5) is 16.4. The highest BCUT2D eigenvalue weighted by Crippen LogP contribution is 2.45. The molecule has 16 heteroatoms. The topological polar surface area (TPSA) is 185 Å². The lowest BCUT2D eigenvalue weighted by atomic mass is 9.68. The molecule has 4 aliphatic rings. The molecular formula is C43H80N2O14. The summed E-state index contributed by atoms with van der Waals surface area (Å²) in [7, 11) is 7.02. The van der Waals surface area contributed by atoms with Crippen molar-refractivity contribution >= 4 is 5.97 Å². The molecule has 4 aliphatic heterocycles. The number of aliphatic hydroxyl groups excluding tert-OH is 2. The highest BCUT2D eigenvalue weighted by molar-refractivity contribution is 5.73. The molecule has 0 aliphatic carbocycles. The fraction of sp³-hybridized carbons (Fsp3) is 0.977. The third-order valence-electron chi connectivity index (χ3n) is 13.7. The Balaban J connectivity index is 1.78. The highest BCUT2D eigenvalue weighted by Gasteiger charge is 2.54. The molecule has 0 saturated carbocycles. The average molecular weight is 849 g/mol. The van der Waals surface area contributed by atoms with Crippen molar-refractivity contribution in [2.24, 2.45) is 29.1 Å². The van der Waals surface area contributed by atoms with E-state index in [0.717, 1.165) is 0 Å². The average Bonchev–Trinajstić information content (AvgIpc) is 3.16. The molecule has 2 bridgehead atoms. The second kappa shape index (κ2) is 21.1. The third-order valence-corrected chi connectivity index (χ3v) is 13.7. The number of nitrogens with one attached hydrogen (secondary N) is 1. The van der Waals surface area contributed by atoms with Crippen LogP contribution in [0, 0.1) is 29.1 Å². The maximum atomic E-state index is 14.4. The van der Waals surface area contributed by atoms with Gasteiger partial charge in [-0.2, -0.15) is 0 Å². The Morgan fingerprint density at radius 2 is 1.56 bits per heavy atom. The first-order chi connectivity index (χ1) is 27.5. The summed E-state index contributed by atoms with van der Waals surface area (Å²) in [5, 5.41) is 38.7. The SMILES string of the molecule is COCCOCOCC1NC2[C@H](C)CC(C)(C)[C@H](OC3OC(C)CC(N(C)C)C3O)[C@@H](C)[C@H](OC3CC(C)(OC)C(O)C(C)O3)[C@@H](C)C(=O)O[C@H](C)[C@@](C)(O)[C@H](O1)[C@H]2C. The maximum Gasteiger partial charge on any atom is 0.311 e. The summed E-state index contributed by atoms with van der Waals surface area (Å²) in [6.07, 6.45) is -6.94. The molecule has 16 nitrogen and oxygen atoms in total. The predicted molar refractivity (Wildman–Crippen MR) is 218 cm³/mol. The van der Waals surface area contributed by atoms with Crippen LogP contribution in [0.15, 0.2) is 0 Å². The van der Waals surface area contributed by atoms with Gasteiger partial charge in [0.15, 0.2) is 12.6 Å². The first-order valence-corrected chi connectivity index (χ1v) is 21.7. The summed E-state index contributed by atoms with van der Waals surface area (Å²) in [6, 6.07) is -0.390. The van der Waals surface area contributed by atoms with Crippen molar-refractivity contribution < 1.29 is 67.5 Å². The number of ether oxygens (including phenoxy) is 10. The van der Waals surface area contributed by atoms with Gasteiger partial charge in [-0.25, -0.2) is 0 Å². The minimum atomic E-state index is -1.61. The van der Waals surface area contributed by atoms with Crippen molar-refractivity contribution in [2.75, 3.05) is 54.9 Å².